The molecule has 7 heteroatoms. The Bertz CT molecular complexity index is 908. The van der Waals surface area contributed by atoms with Crippen LogP contribution in [0, 0.1) is 6.92 Å². The van der Waals surface area contributed by atoms with Gasteiger partial charge in [0.15, 0.2) is 0 Å². The minimum absolute atomic E-state index is 0.189. The minimum atomic E-state index is -0.300. The highest BCUT2D eigenvalue weighted by molar-refractivity contribution is 6.03. The molecule has 118 valence electrons. The van der Waals surface area contributed by atoms with E-state index in [2.05, 4.69) is 20.4 Å². The van der Waals surface area contributed by atoms with E-state index in [1.807, 2.05) is 26.0 Å². The highest BCUT2D eigenvalue weighted by Gasteiger charge is 2.11. The molecule has 2 N–H and O–H groups in total. The number of rotatable bonds is 4. The van der Waals surface area contributed by atoms with Crippen molar-refractivity contribution in [3.05, 3.63) is 57.5 Å². The van der Waals surface area contributed by atoms with Gasteiger partial charge < -0.3 is 0 Å². The van der Waals surface area contributed by atoms with Gasteiger partial charge >= 0.3 is 0 Å². The van der Waals surface area contributed by atoms with Crippen molar-refractivity contribution in [2.45, 2.75) is 26.7 Å². The number of benzene rings is 1. The quantitative estimate of drug-likeness (QED) is 0.770. The molecule has 23 heavy (non-hydrogen) atoms. The molecule has 0 unspecified atom stereocenters. The van der Waals surface area contributed by atoms with Gasteiger partial charge in [0.05, 0.1) is 5.69 Å². The maximum atomic E-state index is 12.2. The Kier molecular flexibility index (Phi) is 3.92. The summed E-state index contributed by atoms with van der Waals surface area (Å²) in [7, 11) is 0. The van der Waals surface area contributed by atoms with Crippen molar-refractivity contribution in [2.75, 3.05) is 5.32 Å². The van der Waals surface area contributed by atoms with Crippen LogP contribution in [0.3, 0.4) is 0 Å². The molecule has 0 aliphatic heterocycles. The van der Waals surface area contributed by atoms with Gasteiger partial charge in [-0.25, -0.2) is 4.98 Å². The third-order valence-electron chi connectivity index (χ3n) is 3.44. The third kappa shape index (κ3) is 3.13. The molecule has 2 heterocycles. The Morgan fingerprint density at radius 2 is 2.00 bits per heavy atom. The predicted molar refractivity (Wildman–Crippen MR) is 86.7 cm³/mol. The number of nitrogens with one attached hydrogen (secondary N) is 2. The SMILES string of the molecule is CCCc1cc(=O)n2[nH]c(NC(=O)c3ccc(C)cc3)nc2n1. The summed E-state index contributed by atoms with van der Waals surface area (Å²) >= 11 is 0. The van der Waals surface area contributed by atoms with Crippen LogP contribution >= 0.6 is 0 Å². The van der Waals surface area contributed by atoms with Gasteiger partial charge in [-0.1, -0.05) is 31.0 Å². The van der Waals surface area contributed by atoms with Crippen LogP contribution in [0.2, 0.25) is 0 Å². The minimum Gasteiger partial charge on any atom is -0.291 e. The molecule has 3 aromatic rings. The average Bonchev–Trinajstić information content (AvgIpc) is 2.91. The van der Waals surface area contributed by atoms with E-state index in [0.717, 1.165) is 12.0 Å². The number of carbonyl (C=O) groups excluding carboxylic acids is 1. The zero-order valence-electron chi connectivity index (χ0n) is 13.0. The Hall–Kier alpha value is -2.96. The first-order valence-corrected chi connectivity index (χ1v) is 7.43. The molecule has 3 rings (SSSR count). The van der Waals surface area contributed by atoms with E-state index < -0.39 is 0 Å². The molecular weight excluding hydrogens is 294 g/mol. The summed E-state index contributed by atoms with van der Waals surface area (Å²) in [4.78, 5) is 32.7. The number of carbonyl (C=O) groups is 1. The monoisotopic (exact) mass is 311 g/mol. The van der Waals surface area contributed by atoms with Crippen molar-refractivity contribution in [1.82, 2.24) is 19.6 Å². The van der Waals surface area contributed by atoms with Crippen molar-refractivity contribution in [2.24, 2.45) is 0 Å². The number of H-pyrrole nitrogens is 1. The molecule has 0 bridgehead atoms. The topological polar surface area (TPSA) is 92.2 Å². The molecule has 0 spiro atoms. The molecule has 2 aromatic heterocycles. The highest BCUT2D eigenvalue weighted by atomic mass is 16.2. The molecule has 0 saturated carbocycles. The van der Waals surface area contributed by atoms with Gasteiger partial charge in [-0.05, 0) is 25.5 Å². The number of aryl methyl sites for hydroxylation is 2. The van der Waals surface area contributed by atoms with E-state index in [4.69, 9.17) is 0 Å². The maximum Gasteiger partial charge on any atom is 0.274 e. The van der Waals surface area contributed by atoms with Gasteiger partial charge in [0.1, 0.15) is 0 Å². The van der Waals surface area contributed by atoms with Crippen molar-refractivity contribution < 1.29 is 4.79 Å². The molecular formula is C16H17N5O2. The Labute approximate surface area is 132 Å². The van der Waals surface area contributed by atoms with Gasteiger partial charge in [-0.2, -0.15) is 9.50 Å². The van der Waals surface area contributed by atoms with Crippen LogP contribution in [0.25, 0.3) is 5.78 Å². The molecule has 0 radical (unpaired) electrons. The lowest BCUT2D eigenvalue weighted by Crippen LogP contribution is -2.16. The van der Waals surface area contributed by atoms with Crippen LogP contribution in [0.1, 0.15) is 35.0 Å². The second-order valence-corrected chi connectivity index (χ2v) is 5.36. The summed E-state index contributed by atoms with van der Waals surface area (Å²) in [6.45, 7) is 3.97. The highest BCUT2D eigenvalue weighted by Crippen LogP contribution is 2.07. The molecule has 0 aliphatic rings. The maximum absolute atomic E-state index is 12.2. The second kappa shape index (κ2) is 6.04. The fourth-order valence-corrected chi connectivity index (χ4v) is 2.25. The Balaban J connectivity index is 1.88. The summed E-state index contributed by atoms with van der Waals surface area (Å²) in [6.07, 6.45) is 1.60. The van der Waals surface area contributed by atoms with Crippen LogP contribution in [0.15, 0.2) is 35.1 Å². The molecule has 0 aliphatic carbocycles. The number of amides is 1. The number of hydrogen-bond donors (Lipinski definition) is 2. The summed E-state index contributed by atoms with van der Waals surface area (Å²) in [5.41, 5.74) is 2.04. The van der Waals surface area contributed by atoms with Crippen LogP contribution in [-0.4, -0.2) is 25.5 Å². The van der Waals surface area contributed by atoms with Gasteiger partial charge in [0, 0.05) is 11.6 Å². The van der Waals surface area contributed by atoms with Crippen molar-refractivity contribution in [3.63, 3.8) is 0 Å². The molecule has 0 atom stereocenters. The van der Waals surface area contributed by atoms with E-state index in [9.17, 15) is 9.59 Å². The number of fused-ring (bicyclic) bond motifs is 1. The van der Waals surface area contributed by atoms with Crippen molar-refractivity contribution in [1.29, 1.82) is 0 Å². The fraction of sp³-hybridized carbons (Fsp3) is 0.250. The summed E-state index contributed by atoms with van der Waals surface area (Å²) < 4.78 is 1.21. The second-order valence-electron chi connectivity index (χ2n) is 5.36. The zero-order valence-corrected chi connectivity index (χ0v) is 13.0. The van der Waals surface area contributed by atoms with E-state index in [1.165, 1.54) is 10.6 Å². The van der Waals surface area contributed by atoms with Gasteiger partial charge in [-0.15, -0.1) is 0 Å². The normalized spacial score (nSPS) is 10.9. The Morgan fingerprint density at radius 1 is 1.26 bits per heavy atom. The largest absolute Gasteiger partial charge is 0.291 e. The van der Waals surface area contributed by atoms with Crippen molar-refractivity contribution >= 4 is 17.6 Å². The predicted octanol–water partition coefficient (Wildman–Crippen LogP) is 1.93. The molecule has 0 saturated heterocycles. The summed E-state index contributed by atoms with van der Waals surface area (Å²) in [6, 6.07) is 8.65. The number of anilines is 1. The molecule has 1 aromatic carbocycles. The van der Waals surface area contributed by atoms with E-state index in [1.54, 1.807) is 12.1 Å². The molecule has 7 nitrogen and oxygen atoms in total. The van der Waals surface area contributed by atoms with Gasteiger partial charge in [-0.3, -0.25) is 20.0 Å². The first-order valence-electron chi connectivity index (χ1n) is 7.43. The molecule has 1 amide bonds. The van der Waals surface area contributed by atoms with E-state index in [0.29, 0.717) is 17.7 Å². The van der Waals surface area contributed by atoms with Crippen LogP contribution in [0.4, 0.5) is 5.95 Å². The number of aromatic nitrogens is 4. The van der Waals surface area contributed by atoms with Crippen LogP contribution in [0.5, 0.6) is 0 Å². The van der Waals surface area contributed by atoms with Gasteiger partial charge in [0.2, 0.25) is 5.95 Å². The lowest BCUT2D eigenvalue weighted by Gasteiger charge is -2.01. The summed E-state index contributed by atoms with van der Waals surface area (Å²) in [5.74, 6) is 0.139. The fourth-order valence-electron chi connectivity index (χ4n) is 2.25. The smallest absolute Gasteiger partial charge is 0.274 e. The average molecular weight is 311 g/mol. The van der Waals surface area contributed by atoms with E-state index >= 15 is 0 Å². The Morgan fingerprint density at radius 3 is 2.70 bits per heavy atom. The molecule has 0 fully saturated rings. The standard InChI is InChI=1S/C16H17N5O2/c1-3-4-12-9-13(22)21-16(17-12)19-15(20-21)18-14(23)11-7-5-10(2)6-8-11/h5-9H,3-4H2,1-2H3,(H2,17,18,19,20,23). The lowest BCUT2D eigenvalue weighted by atomic mass is 10.1. The first-order chi connectivity index (χ1) is 11.1. The lowest BCUT2D eigenvalue weighted by molar-refractivity contribution is 0.102. The van der Waals surface area contributed by atoms with Crippen LogP contribution < -0.4 is 10.9 Å². The van der Waals surface area contributed by atoms with Crippen molar-refractivity contribution in [3.8, 4) is 0 Å². The third-order valence-corrected chi connectivity index (χ3v) is 3.44. The van der Waals surface area contributed by atoms with Crippen LogP contribution in [-0.2, 0) is 6.42 Å². The number of nitrogens with zero attached hydrogens (tertiary/aromatic N) is 3. The van der Waals surface area contributed by atoms with E-state index in [-0.39, 0.29) is 23.2 Å². The van der Waals surface area contributed by atoms with Gasteiger partial charge in [0.25, 0.3) is 17.2 Å². The number of hydrogen-bond acceptors (Lipinski definition) is 4. The summed E-state index contributed by atoms with van der Waals surface area (Å²) in [5, 5.41) is 5.38. The number of aromatic amines is 1. The first kappa shape index (κ1) is 15.0. The zero-order chi connectivity index (χ0) is 16.4.